The van der Waals surface area contributed by atoms with Crippen LogP contribution in [0.25, 0.3) is 0 Å². The van der Waals surface area contributed by atoms with Gasteiger partial charge in [-0.2, -0.15) is 0 Å². The van der Waals surface area contributed by atoms with Crippen molar-refractivity contribution in [1.82, 2.24) is 14.8 Å². The Bertz CT molecular complexity index is 694. The molecule has 0 saturated heterocycles. The topological polar surface area (TPSA) is 66.2 Å². The highest BCUT2D eigenvalue weighted by Gasteiger charge is 2.25. The standard InChI is InChI=1S/C18H23N3O3/c1-23-15-7-3-13(4-8-15)5-9-16-19-20-17-10-6-14(18(22)24-2)11-12-21(16)17/h3-4,7-8,14H,5-6,9-12H2,1-2H3. The summed E-state index contributed by atoms with van der Waals surface area (Å²) in [5, 5.41) is 8.67. The van der Waals surface area contributed by atoms with Gasteiger partial charge in [0, 0.05) is 19.4 Å². The van der Waals surface area contributed by atoms with E-state index in [4.69, 9.17) is 9.47 Å². The first kappa shape index (κ1) is 16.5. The Hall–Kier alpha value is -2.37. The van der Waals surface area contributed by atoms with E-state index in [1.54, 1.807) is 7.11 Å². The van der Waals surface area contributed by atoms with Crippen LogP contribution in [-0.4, -0.2) is 35.0 Å². The molecule has 3 rings (SSSR count). The lowest BCUT2D eigenvalue weighted by Gasteiger charge is -2.11. The van der Waals surface area contributed by atoms with Crippen LogP contribution in [0.3, 0.4) is 0 Å². The zero-order valence-electron chi connectivity index (χ0n) is 14.2. The summed E-state index contributed by atoms with van der Waals surface area (Å²) in [6.45, 7) is 0.778. The van der Waals surface area contributed by atoms with Crippen LogP contribution in [0.4, 0.5) is 0 Å². The Labute approximate surface area is 141 Å². The smallest absolute Gasteiger partial charge is 0.308 e. The zero-order chi connectivity index (χ0) is 16.9. The SMILES string of the molecule is COC(=O)C1CCc2nnc(CCc3ccc(OC)cc3)n2CC1. The molecule has 0 bridgehead atoms. The van der Waals surface area contributed by atoms with Gasteiger partial charge >= 0.3 is 5.97 Å². The van der Waals surface area contributed by atoms with Crippen LogP contribution in [0, 0.1) is 5.92 Å². The second-order valence-corrected chi connectivity index (χ2v) is 6.08. The van der Waals surface area contributed by atoms with Crippen molar-refractivity contribution in [2.24, 2.45) is 5.92 Å². The first-order valence-corrected chi connectivity index (χ1v) is 8.33. The van der Waals surface area contributed by atoms with Gasteiger partial charge in [-0.1, -0.05) is 12.1 Å². The van der Waals surface area contributed by atoms with Crippen molar-refractivity contribution in [3.63, 3.8) is 0 Å². The van der Waals surface area contributed by atoms with E-state index in [0.29, 0.717) is 0 Å². The highest BCUT2D eigenvalue weighted by molar-refractivity contribution is 5.72. The van der Waals surface area contributed by atoms with Gasteiger partial charge in [-0.05, 0) is 37.0 Å². The van der Waals surface area contributed by atoms with Crippen molar-refractivity contribution in [3.05, 3.63) is 41.5 Å². The molecule has 0 spiro atoms. The molecular weight excluding hydrogens is 306 g/mol. The number of aromatic nitrogens is 3. The number of hydrogen-bond donors (Lipinski definition) is 0. The maximum Gasteiger partial charge on any atom is 0.308 e. The Balaban J connectivity index is 1.64. The van der Waals surface area contributed by atoms with Gasteiger partial charge in [-0.15, -0.1) is 10.2 Å². The number of esters is 1. The Kier molecular flexibility index (Phi) is 5.13. The molecule has 0 fully saturated rings. The second kappa shape index (κ2) is 7.47. The molecule has 6 heteroatoms. The minimum Gasteiger partial charge on any atom is -0.497 e. The number of carbonyl (C=O) groups excluding carboxylic acids is 1. The first-order valence-electron chi connectivity index (χ1n) is 8.33. The molecule has 1 aromatic heterocycles. The molecule has 0 saturated carbocycles. The van der Waals surface area contributed by atoms with Crippen molar-refractivity contribution < 1.29 is 14.3 Å². The summed E-state index contributed by atoms with van der Waals surface area (Å²) < 4.78 is 12.2. The van der Waals surface area contributed by atoms with Gasteiger partial charge in [0.1, 0.15) is 17.4 Å². The molecule has 1 aliphatic rings. The molecule has 1 aromatic carbocycles. The molecule has 6 nitrogen and oxygen atoms in total. The molecule has 0 aliphatic carbocycles. The monoisotopic (exact) mass is 329 g/mol. The molecule has 128 valence electrons. The number of aryl methyl sites for hydroxylation is 3. The van der Waals surface area contributed by atoms with Crippen LogP contribution in [0.2, 0.25) is 0 Å². The maximum absolute atomic E-state index is 11.8. The lowest BCUT2D eigenvalue weighted by molar-refractivity contribution is -0.145. The third-order valence-electron chi connectivity index (χ3n) is 4.65. The summed E-state index contributed by atoms with van der Waals surface area (Å²) in [7, 11) is 3.12. The molecule has 0 radical (unpaired) electrons. The first-order chi connectivity index (χ1) is 11.7. The summed E-state index contributed by atoms with van der Waals surface area (Å²) >= 11 is 0. The van der Waals surface area contributed by atoms with Gasteiger partial charge in [0.05, 0.1) is 20.1 Å². The molecule has 0 N–H and O–H groups in total. The van der Waals surface area contributed by atoms with Crippen molar-refractivity contribution in [2.75, 3.05) is 14.2 Å². The summed E-state index contributed by atoms with van der Waals surface area (Å²) in [6.07, 6.45) is 4.08. The van der Waals surface area contributed by atoms with Gasteiger partial charge < -0.3 is 14.0 Å². The van der Waals surface area contributed by atoms with Crippen molar-refractivity contribution >= 4 is 5.97 Å². The number of fused-ring (bicyclic) bond motifs is 1. The maximum atomic E-state index is 11.8. The number of hydrogen-bond acceptors (Lipinski definition) is 5. The van der Waals surface area contributed by atoms with Gasteiger partial charge in [0.25, 0.3) is 0 Å². The number of ether oxygens (including phenoxy) is 2. The summed E-state index contributed by atoms with van der Waals surface area (Å²) in [6, 6.07) is 8.10. The van der Waals surface area contributed by atoms with Crippen LogP contribution in [0.1, 0.15) is 30.1 Å². The predicted molar refractivity (Wildman–Crippen MR) is 88.9 cm³/mol. The largest absolute Gasteiger partial charge is 0.497 e. The lowest BCUT2D eigenvalue weighted by atomic mass is 10.0. The molecule has 2 aromatic rings. The van der Waals surface area contributed by atoms with E-state index in [9.17, 15) is 4.79 Å². The number of benzene rings is 1. The molecule has 1 atom stereocenters. The fraction of sp³-hybridized carbons (Fsp3) is 0.500. The second-order valence-electron chi connectivity index (χ2n) is 6.08. The highest BCUT2D eigenvalue weighted by Crippen LogP contribution is 2.22. The molecular formula is C18H23N3O3. The van der Waals surface area contributed by atoms with Crippen LogP contribution in [0.5, 0.6) is 5.75 Å². The minimum absolute atomic E-state index is 0.0360. The molecule has 1 unspecified atom stereocenters. The van der Waals surface area contributed by atoms with Crippen LogP contribution < -0.4 is 4.74 Å². The fourth-order valence-corrected chi connectivity index (χ4v) is 3.18. The number of rotatable bonds is 5. The third-order valence-corrected chi connectivity index (χ3v) is 4.65. The Morgan fingerprint density at radius 1 is 1.17 bits per heavy atom. The molecule has 0 amide bonds. The quantitative estimate of drug-likeness (QED) is 0.787. The number of nitrogens with zero attached hydrogens (tertiary/aromatic N) is 3. The Morgan fingerprint density at radius 3 is 2.67 bits per heavy atom. The normalized spacial score (nSPS) is 17.0. The van der Waals surface area contributed by atoms with Crippen LogP contribution in [-0.2, 0) is 35.3 Å². The summed E-state index contributed by atoms with van der Waals surface area (Å²) in [4.78, 5) is 11.8. The number of carbonyl (C=O) groups is 1. The van der Waals surface area contributed by atoms with E-state index in [1.807, 2.05) is 12.1 Å². The van der Waals surface area contributed by atoms with E-state index < -0.39 is 0 Å². The van der Waals surface area contributed by atoms with Crippen molar-refractivity contribution in [2.45, 2.75) is 38.6 Å². The van der Waals surface area contributed by atoms with E-state index in [2.05, 4.69) is 26.9 Å². The average molecular weight is 329 g/mol. The van der Waals surface area contributed by atoms with Crippen molar-refractivity contribution in [3.8, 4) is 5.75 Å². The predicted octanol–water partition coefficient (Wildman–Crippen LogP) is 2.20. The van der Waals surface area contributed by atoms with Crippen molar-refractivity contribution in [1.29, 1.82) is 0 Å². The Morgan fingerprint density at radius 2 is 1.96 bits per heavy atom. The van der Waals surface area contributed by atoms with Gasteiger partial charge in [-0.25, -0.2) is 0 Å². The molecule has 1 aliphatic heterocycles. The minimum atomic E-state index is -0.117. The van der Waals surface area contributed by atoms with Gasteiger partial charge in [-0.3, -0.25) is 4.79 Å². The van der Waals surface area contributed by atoms with Gasteiger partial charge in [0.15, 0.2) is 0 Å². The number of methoxy groups -OCH3 is 2. The zero-order valence-corrected chi connectivity index (χ0v) is 14.2. The average Bonchev–Trinajstić information content (AvgIpc) is 2.89. The fourth-order valence-electron chi connectivity index (χ4n) is 3.18. The van der Waals surface area contributed by atoms with E-state index in [1.165, 1.54) is 12.7 Å². The van der Waals surface area contributed by atoms with Crippen LogP contribution >= 0.6 is 0 Å². The highest BCUT2D eigenvalue weighted by atomic mass is 16.5. The van der Waals surface area contributed by atoms with Gasteiger partial charge in [0.2, 0.25) is 0 Å². The van der Waals surface area contributed by atoms with E-state index in [-0.39, 0.29) is 11.9 Å². The van der Waals surface area contributed by atoms with E-state index in [0.717, 1.165) is 56.0 Å². The summed E-state index contributed by atoms with van der Waals surface area (Å²) in [5.74, 6) is 2.68. The summed E-state index contributed by atoms with van der Waals surface area (Å²) in [5.41, 5.74) is 1.24. The molecule has 2 heterocycles. The van der Waals surface area contributed by atoms with E-state index >= 15 is 0 Å². The van der Waals surface area contributed by atoms with Crippen LogP contribution in [0.15, 0.2) is 24.3 Å². The third kappa shape index (κ3) is 3.58. The molecule has 24 heavy (non-hydrogen) atoms. The lowest BCUT2D eigenvalue weighted by Crippen LogP contribution is -2.17.